The molecule has 28 heavy (non-hydrogen) atoms. The summed E-state index contributed by atoms with van der Waals surface area (Å²) in [6, 6.07) is 6.53. The molecule has 0 aliphatic carbocycles. The zero-order valence-corrected chi connectivity index (χ0v) is 21.5. The molecule has 1 rings (SSSR count). The standard InChI is InChI=1S/C19H36O6Si3/c1-22-19(21)23-18-12-11-16(14-17(18)15-20)10-9-13-27(5,6)25-28(7,8)24-26(2,3)4/h11-12,14,20H,9-10,13,15H2,1-8H3. The molecule has 0 spiro atoms. The average Bonchev–Trinajstić information content (AvgIpc) is 2.52. The van der Waals surface area contributed by atoms with E-state index in [1.807, 2.05) is 12.1 Å². The normalized spacial score (nSPS) is 12.8. The fourth-order valence-corrected chi connectivity index (χ4v) is 16.5. The lowest BCUT2D eigenvalue weighted by molar-refractivity contribution is 0.120. The van der Waals surface area contributed by atoms with E-state index in [9.17, 15) is 9.90 Å². The second-order valence-corrected chi connectivity index (χ2v) is 21.7. The Kier molecular flexibility index (Phi) is 9.10. The van der Waals surface area contributed by atoms with Crippen LogP contribution in [0.1, 0.15) is 17.5 Å². The Hall–Kier alpha value is -0.979. The molecule has 0 radical (unpaired) electrons. The predicted molar refractivity (Wildman–Crippen MR) is 119 cm³/mol. The van der Waals surface area contributed by atoms with Crippen molar-refractivity contribution in [2.75, 3.05) is 7.11 Å². The number of benzene rings is 1. The molecule has 0 aliphatic heterocycles. The molecule has 0 saturated heterocycles. The fourth-order valence-electron chi connectivity index (χ4n) is 3.34. The van der Waals surface area contributed by atoms with Crippen LogP contribution < -0.4 is 4.74 Å². The lowest BCUT2D eigenvalue weighted by Gasteiger charge is -2.37. The van der Waals surface area contributed by atoms with Crippen LogP contribution in [0.15, 0.2) is 18.2 Å². The zero-order valence-electron chi connectivity index (χ0n) is 18.5. The molecule has 0 saturated carbocycles. The molecular weight excluding hydrogens is 408 g/mol. The van der Waals surface area contributed by atoms with Crippen molar-refractivity contribution in [2.45, 2.75) is 71.3 Å². The SMILES string of the molecule is COC(=O)Oc1ccc(CCC[Si](C)(C)O[Si](C)(C)O[Si](C)(C)C)cc1CO. The Labute approximate surface area is 172 Å². The first kappa shape index (κ1) is 25.1. The van der Waals surface area contributed by atoms with Crippen LogP contribution >= 0.6 is 0 Å². The van der Waals surface area contributed by atoms with Crippen LogP contribution in [0.4, 0.5) is 4.79 Å². The maximum Gasteiger partial charge on any atom is 0.513 e. The summed E-state index contributed by atoms with van der Waals surface area (Å²) in [7, 11) is -4.31. The number of aryl methyl sites for hydroxylation is 1. The quantitative estimate of drug-likeness (QED) is 0.310. The van der Waals surface area contributed by atoms with Gasteiger partial charge in [-0.15, -0.1) is 0 Å². The highest BCUT2D eigenvalue weighted by atomic mass is 28.5. The summed E-state index contributed by atoms with van der Waals surface area (Å²) in [5.41, 5.74) is 1.67. The molecule has 6 nitrogen and oxygen atoms in total. The molecule has 0 bridgehead atoms. The van der Waals surface area contributed by atoms with Crippen molar-refractivity contribution in [2.24, 2.45) is 0 Å². The number of carbonyl (C=O) groups excluding carboxylic acids is 1. The van der Waals surface area contributed by atoms with E-state index in [2.05, 4.69) is 50.6 Å². The molecule has 0 unspecified atom stereocenters. The summed E-state index contributed by atoms with van der Waals surface area (Å²) in [5.74, 6) is 0.326. The van der Waals surface area contributed by atoms with E-state index in [1.54, 1.807) is 6.07 Å². The van der Waals surface area contributed by atoms with Crippen LogP contribution in [0.2, 0.25) is 51.9 Å². The zero-order chi connectivity index (χ0) is 21.6. The number of rotatable bonds is 10. The largest absolute Gasteiger partial charge is 0.513 e. The van der Waals surface area contributed by atoms with Crippen LogP contribution in [0, 0.1) is 0 Å². The summed E-state index contributed by atoms with van der Waals surface area (Å²) in [5, 5.41) is 9.55. The van der Waals surface area contributed by atoms with Gasteiger partial charge in [0.2, 0.25) is 0 Å². The van der Waals surface area contributed by atoms with Gasteiger partial charge in [-0.25, -0.2) is 4.79 Å². The Morgan fingerprint density at radius 2 is 1.68 bits per heavy atom. The third kappa shape index (κ3) is 9.48. The first-order valence-corrected chi connectivity index (χ1v) is 19.0. The number of methoxy groups -OCH3 is 1. The third-order valence-electron chi connectivity index (χ3n) is 3.97. The van der Waals surface area contributed by atoms with Crippen LogP contribution in [0.25, 0.3) is 0 Å². The minimum atomic E-state index is -2.11. The van der Waals surface area contributed by atoms with Crippen LogP contribution in [-0.2, 0) is 26.0 Å². The van der Waals surface area contributed by atoms with Crippen molar-refractivity contribution in [3.63, 3.8) is 0 Å². The molecule has 0 atom stereocenters. The molecule has 9 heteroatoms. The molecular formula is C19H36O6Si3. The second-order valence-electron chi connectivity index (χ2n) is 8.99. The molecule has 1 N–H and O–H groups in total. The van der Waals surface area contributed by atoms with Gasteiger partial charge in [0, 0.05) is 5.56 Å². The van der Waals surface area contributed by atoms with E-state index in [0.717, 1.165) is 24.4 Å². The van der Waals surface area contributed by atoms with Gasteiger partial charge in [0.05, 0.1) is 13.7 Å². The second kappa shape index (κ2) is 10.2. The van der Waals surface area contributed by atoms with E-state index in [1.165, 1.54) is 7.11 Å². The van der Waals surface area contributed by atoms with Gasteiger partial charge in [0.25, 0.3) is 0 Å². The number of hydrogen-bond acceptors (Lipinski definition) is 6. The van der Waals surface area contributed by atoms with Crippen molar-refractivity contribution in [1.29, 1.82) is 0 Å². The number of hydrogen-bond donors (Lipinski definition) is 1. The molecule has 1 aromatic carbocycles. The van der Waals surface area contributed by atoms with Gasteiger partial charge in [0.1, 0.15) is 5.75 Å². The maximum atomic E-state index is 11.3. The Balaban J connectivity index is 2.65. The van der Waals surface area contributed by atoms with Gasteiger partial charge in [-0.05, 0) is 82.4 Å². The summed E-state index contributed by atoms with van der Waals surface area (Å²) >= 11 is 0. The number of ether oxygens (including phenoxy) is 2. The summed E-state index contributed by atoms with van der Waals surface area (Å²) in [4.78, 5) is 11.3. The van der Waals surface area contributed by atoms with Crippen molar-refractivity contribution in [3.05, 3.63) is 29.3 Å². The van der Waals surface area contributed by atoms with E-state index in [4.69, 9.17) is 13.0 Å². The minimum absolute atomic E-state index is 0.197. The molecule has 1 aromatic rings. The van der Waals surface area contributed by atoms with E-state index >= 15 is 0 Å². The molecule has 0 amide bonds. The smallest absolute Gasteiger partial charge is 0.437 e. The minimum Gasteiger partial charge on any atom is -0.437 e. The van der Waals surface area contributed by atoms with Gasteiger partial charge in [-0.2, -0.15) is 0 Å². The lowest BCUT2D eigenvalue weighted by atomic mass is 10.1. The number of carbonyl (C=O) groups is 1. The van der Waals surface area contributed by atoms with Crippen molar-refractivity contribution in [3.8, 4) is 5.75 Å². The summed E-state index contributed by atoms with van der Waals surface area (Å²) in [6.45, 7) is 15.2. The van der Waals surface area contributed by atoms with E-state index in [0.29, 0.717) is 11.3 Å². The van der Waals surface area contributed by atoms with Crippen LogP contribution in [-0.4, -0.2) is 43.6 Å². The molecule has 0 aliphatic rings. The Morgan fingerprint density at radius 3 is 2.21 bits per heavy atom. The highest BCUT2D eigenvalue weighted by molar-refractivity contribution is 6.87. The van der Waals surface area contributed by atoms with Crippen molar-refractivity contribution in [1.82, 2.24) is 0 Å². The number of aliphatic hydroxyl groups excluding tert-OH is 1. The molecule has 160 valence electrons. The first-order chi connectivity index (χ1) is 12.8. The first-order valence-electron chi connectivity index (χ1n) is 9.66. The van der Waals surface area contributed by atoms with E-state index in [-0.39, 0.29) is 6.61 Å². The van der Waals surface area contributed by atoms with Gasteiger partial charge in [-0.1, -0.05) is 6.07 Å². The van der Waals surface area contributed by atoms with Crippen molar-refractivity contribution < 1.29 is 27.6 Å². The fraction of sp³-hybridized carbons (Fsp3) is 0.632. The summed E-state index contributed by atoms with van der Waals surface area (Å²) < 4.78 is 22.4. The highest BCUT2D eigenvalue weighted by Crippen LogP contribution is 2.26. The molecule has 0 heterocycles. The topological polar surface area (TPSA) is 74.2 Å². The molecule has 0 aromatic heterocycles. The monoisotopic (exact) mass is 444 g/mol. The van der Waals surface area contributed by atoms with Crippen LogP contribution in [0.5, 0.6) is 5.75 Å². The average molecular weight is 445 g/mol. The predicted octanol–water partition coefficient (Wildman–Crippen LogP) is 5.03. The Bertz CT molecular complexity index is 656. The molecule has 0 fully saturated rings. The van der Waals surface area contributed by atoms with Gasteiger partial charge in [-0.3, -0.25) is 0 Å². The van der Waals surface area contributed by atoms with Gasteiger partial charge >= 0.3 is 14.7 Å². The van der Waals surface area contributed by atoms with Gasteiger partial charge < -0.3 is 22.8 Å². The van der Waals surface area contributed by atoms with Crippen LogP contribution in [0.3, 0.4) is 0 Å². The van der Waals surface area contributed by atoms with Gasteiger partial charge in [0.15, 0.2) is 16.6 Å². The third-order valence-corrected chi connectivity index (χ3v) is 14.1. The highest BCUT2D eigenvalue weighted by Gasteiger charge is 2.37. The Morgan fingerprint density at radius 1 is 1.04 bits per heavy atom. The van der Waals surface area contributed by atoms with E-state index < -0.39 is 31.4 Å². The van der Waals surface area contributed by atoms with Crippen molar-refractivity contribution >= 4 is 31.4 Å². The lowest BCUT2D eigenvalue weighted by Crippen LogP contribution is -2.51. The number of aliphatic hydroxyl groups is 1. The maximum absolute atomic E-state index is 11.3. The summed E-state index contributed by atoms with van der Waals surface area (Å²) in [6.07, 6.45) is 1.08.